The van der Waals surface area contributed by atoms with Crippen LogP contribution in [0.1, 0.15) is 82.8 Å². The first-order chi connectivity index (χ1) is 13.3. The average Bonchev–Trinajstić information content (AvgIpc) is 2.68. The Balaban J connectivity index is 2.54. The van der Waals surface area contributed by atoms with Crippen molar-refractivity contribution in [3.8, 4) is 0 Å². The lowest BCUT2D eigenvalue weighted by Crippen LogP contribution is -2.39. The number of ether oxygens (including phenoxy) is 2. The maximum Gasteiger partial charge on any atom is 0.416 e. The normalized spacial score (nSPS) is 13.7. The van der Waals surface area contributed by atoms with Gasteiger partial charge in [0.15, 0.2) is 5.79 Å². The third-order valence-corrected chi connectivity index (χ3v) is 5.76. The van der Waals surface area contributed by atoms with Crippen molar-refractivity contribution in [1.82, 2.24) is 0 Å². The SMILES string of the molecule is CCCCCCCCC(CCCc1ccc(C(F)(F)F)cc1)C(C)(OC)OC. The quantitative estimate of drug-likeness (QED) is 0.238. The second-order valence-corrected chi connectivity index (χ2v) is 7.76. The summed E-state index contributed by atoms with van der Waals surface area (Å²) in [5.74, 6) is -0.355. The fraction of sp³-hybridized carbons (Fsp3) is 0.739. The molecule has 162 valence electrons. The number of alkyl halides is 3. The highest BCUT2D eigenvalue weighted by molar-refractivity contribution is 5.24. The van der Waals surface area contributed by atoms with E-state index in [1.165, 1.54) is 32.1 Å². The van der Waals surface area contributed by atoms with Gasteiger partial charge in [0.1, 0.15) is 0 Å². The summed E-state index contributed by atoms with van der Waals surface area (Å²) >= 11 is 0. The van der Waals surface area contributed by atoms with E-state index in [0.717, 1.165) is 49.8 Å². The van der Waals surface area contributed by atoms with Gasteiger partial charge in [-0.3, -0.25) is 0 Å². The number of unbranched alkanes of at least 4 members (excludes halogenated alkanes) is 5. The molecule has 0 aromatic heterocycles. The lowest BCUT2D eigenvalue weighted by atomic mass is 9.87. The zero-order chi connectivity index (χ0) is 21.0. The van der Waals surface area contributed by atoms with Gasteiger partial charge in [0, 0.05) is 20.1 Å². The molecule has 0 saturated carbocycles. The molecule has 0 amide bonds. The molecule has 0 saturated heterocycles. The van der Waals surface area contributed by atoms with Crippen molar-refractivity contribution >= 4 is 0 Å². The summed E-state index contributed by atoms with van der Waals surface area (Å²) in [5.41, 5.74) is 0.339. The van der Waals surface area contributed by atoms with Crippen LogP contribution in [0, 0.1) is 5.92 Å². The van der Waals surface area contributed by atoms with Gasteiger partial charge >= 0.3 is 6.18 Å². The van der Waals surface area contributed by atoms with Crippen molar-refractivity contribution in [2.24, 2.45) is 5.92 Å². The molecular formula is C23H37F3O2. The first-order valence-corrected chi connectivity index (χ1v) is 10.5. The van der Waals surface area contributed by atoms with Gasteiger partial charge in [-0.2, -0.15) is 13.2 Å². The largest absolute Gasteiger partial charge is 0.416 e. The lowest BCUT2D eigenvalue weighted by Gasteiger charge is -2.35. The van der Waals surface area contributed by atoms with Crippen LogP contribution in [-0.2, 0) is 22.1 Å². The third-order valence-electron chi connectivity index (χ3n) is 5.76. The van der Waals surface area contributed by atoms with Crippen LogP contribution in [0.25, 0.3) is 0 Å². The van der Waals surface area contributed by atoms with Crippen LogP contribution in [0.15, 0.2) is 24.3 Å². The van der Waals surface area contributed by atoms with Gasteiger partial charge < -0.3 is 9.47 Å². The first kappa shape index (κ1) is 25.0. The molecule has 0 heterocycles. The molecular weight excluding hydrogens is 365 g/mol. The van der Waals surface area contributed by atoms with Crippen molar-refractivity contribution in [2.75, 3.05) is 14.2 Å². The number of methoxy groups -OCH3 is 2. The number of aryl methyl sites for hydroxylation is 1. The van der Waals surface area contributed by atoms with E-state index in [1.807, 2.05) is 6.92 Å². The van der Waals surface area contributed by atoms with Crippen molar-refractivity contribution in [3.63, 3.8) is 0 Å². The molecule has 0 aliphatic carbocycles. The molecule has 2 nitrogen and oxygen atoms in total. The van der Waals surface area contributed by atoms with E-state index in [2.05, 4.69) is 6.92 Å². The Hall–Kier alpha value is -1.07. The molecule has 1 unspecified atom stereocenters. The molecule has 1 aromatic rings. The second-order valence-electron chi connectivity index (χ2n) is 7.76. The fourth-order valence-corrected chi connectivity index (χ4v) is 3.67. The predicted octanol–water partition coefficient (Wildman–Crippen LogP) is 7.40. The summed E-state index contributed by atoms with van der Waals surface area (Å²) in [5, 5.41) is 0. The van der Waals surface area contributed by atoms with Crippen LogP contribution in [0.3, 0.4) is 0 Å². The molecule has 0 N–H and O–H groups in total. The Kier molecular flexibility index (Phi) is 11.1. The summed E-state index contributed by atoms with van der Waals surface area (Å²) in [7, 11) is 3.35. The smallest absolute Gasteiger partial charge is 0.353 e. The highest BCUT2D eigenvalue weighted by Gasteiger charge is 2.33. The summed E-state index contributed by atoms with van der Waals surface area (Å²) in [6.45, 7) is 4.20. The van der Waals surface area contributed by atoms with Gasteiger partial charge in [0.2, 0.25) is 0 Å². The molecule has 0 fully saturated rings. The molecule has 1 rings (SSSR count). The minimum Gasteiger partial charge on any atom is -0.353 e. The Morgan fingerprint density at radius 2 is 1.36 bits per heavy atom. The third kappa shape index (κ3) is 8.52. The lowest BCUT2D eigenvalue weighted by molar-refractivity contribution is -0.230. The Labute approximate surface area is 168 Å². The van der Waals surface area contributed by atoms with E-state index in [0.29, 0.717) is 0 Å². The van der Waals surface area contributed by atoms with Crippen LogP contribution in [-0.4, -0.2) is 20.0 Å². The van der Waals surface area contributed by atoms with Gasteiger partial charge in [-0.1, -0.05) is 57.6 Å². The summed E-state index contributed by atoms with van der Waals surface area (Å²) in [6, 6.07) is 5.49. The topological polar surface area (TPSA) is 18.5 Å². The molecule has 0 radical (unpaired) electrons. The number of benzene rings is 1. The standard InChI is InChI=1S/C23H37F3O2/c1-5-6-7-8-9-10-13-20(22(2,27-3)28-4)14-11-12-19-15-17-21(18-16-19)23(24,25)26/h15-18,20H,5-14H2,1-4H3. The maximum absolute atomic E-state index is 12.7. The van der Waals surface area contributed by atoms with Gasteiger partial charge in [-0.05, 0) is 50.3 Å². The molecule has 0 bridgehead atoms. The molecule has 0 aliphatic rings. The molecule has 1 aromatic carbocycles. The van der Waals surface area contributed by atoms with Crippen LogP contribution in [0.2, 0.25) is 0 Å². The van der Waals surface area contributed by atoms with Gasteiger partial charge in [-0.25, -0.2) is 0 Å². The van der Waals surface area contributed by atoms with Crippen LogP contribution >= 0.6 is 0 Å². The van der Waals surface area contributed by atoms with Gasteiger partial charge in [0.05, 0.1) is 5.56 Å². The Morgan fingerprint density at radius 1 is 0.821 bits per heavy atom. The van der Waals surface area contributed by atoms with Crippen molar-refractivity contribution in [2.45, 2.75) is 90.0 Å². The van der Waals surface area contributed by atoms with E-state index < -0.39 is 17.5 Å². The summed E-state index contributed by atoms with van der Waals surface area (Å²) in [6.07, 6.45) is 6.82. The number of hydrogen-bond acceptors (Lipinski definition) is 2. The highest BCUT2D eigenvalue weighted by Crippen LogP contribution is 2.32. The molecule has 0 aliphatic heterocycles. The zero-order valence-corrected chi connectivity index (χ0v) is 17.9. The number of halogens is 3. The Morgan fingerprint density at radius 3 is 1.89 bits per heavy atom. The maximum atomic E-state index is 12.7. The van der Waals surface area contributed by atoms with Crippen molar-refractivity contribution in [1.29, 1.82) is 0 Å². The summed E-state index contributed by atoms with van der Waals surface area (Å²) < 4.78 is 49.3. The fourth-order valence-electron chi connectivity index (χ4n) is 3.67. The monoisotopic (exact) mass is 402 g/mol. The van der Waals surface area contributed by atoms with E-state index in [4.69, 9.17) is 9.47 Å². The van der Waals surface area contributed by atoms with Gasteiger partial charge in [-0.15, -0.1) is 0 Å². The van der Waals surface area contributed by atoms with Crippen LogP contribution in [0.4, 0.5) is 13.2 Å². The van der Waals surface area contributed by atoms with Crippen LogP contribution in [0.5, 0.6) is 0 Å². The van der Waals surface area contributed by atoms with Crippen molar-refractivity contribution in [3.05, 3.63) is 35.4 Å². The molecule has 28 heavy (non-hydrogen) atoms. The van der Waals surface area contributed by atoms with E-state index in [-0.39, 0.29) is 5.92 Å². The highest BCUT2D eigenvalue weighted by atomic mass is 19.4. The van der Waals surface area contributed by atoms with Crippen molar-refractivity contribution < 1.29 is 22.6 Å². The minimum atomic E-state index is -4.28. The molecule has 0 spiro atoms. The predicted molar refractivity (Wildman–Crippen MR) is 108 cm³/mol. The number of hydrogen-bond donors (Lipinski definition) is 0. The average molecular weight is 403 g/mol. The van der Waals surface area contributed by atoms with Gasteiger partial charge in [0.25, 0.3) is 0 Å². The van der Waals surface area contributed by atoms with E-state index in [1.54, 1.807) is 26.4 Å². The Bertz CT molecular complexity index is 522. The minimum absolute atomic E-state index is 0.267. The zero-order valence-electron chi connectivity index (χ0n) is 17.9. The van der Waals surface area contributed by atoms with E-state index >= 15 is 0 Å². The number of rotatable bonds is 14. The molecule has 5 heteroatoms. The second kappa shape index (κ2) is 12.5. The molecule has 1 atom stereocenters. The van der Waals surface area contributed by atoms with E-state index in [9.17, 15) is 13.2 Å². The van der Waals surface area contributed by atoms with Crippen LogP contribution < -0.4 is 0 Å². The summed E-state index contributed by atoms with van der Waals surface area (Å²) in [4.78, 5) is 0. The first-order valence-electron chi connectivity index (χ1n) is 10.5.